The maximum atomic E-state index is 14.1. The molecule has 1 saturated heterocycles. The lowest BCUT2D eigenvalue weighted by molar-refractivity contribution is 0.0711. The van der Waals surface area contributed by atoms with Crippen LogP contribution in [0.2, 0.25) is 0 Å². The summed E-state index contributed by atoms with van der Waals surface area (Å²) in [4.78, 5) is 22.5. The van der Waals surface area contributed by atoms with Crippen LogP contribution in [0, 0.1) is 5.82 Å². The van der Waals surface area contributed by atoms with Gasteiger partial charge in [0.1, 0.15) is 5.82 Å². The first-order chi connectivity index (χ1) is 13.1. The number of carbonyl (C=O) groups is 1. The Balaban J connectivity index is 1.51. The van der Waals surface area contributed by atoms with Gasteiger partial charge in [-0.1, -0.05) is 0 Å². The summed E-state index contributed by atoms with van der Waals surface area (Å²) >= 11 is 0. The van der Waals surface area contributed by atoms with Crippen LogP contribution < -0.4 is 5.73 Å². The van der Waals surface area contributed by atoms with Crippen molar-refractivity contribution >= 4 is 11.9 Å². The van der Waals surface area contributed by atoms with Crippen molar-refractivity contribution in [1.29, 1.82) is 0 Å². The molecule has 7 nitrogen and oxygen atoms in total. The lowest BCUT2D eigenvalue weighted by Crippen LogP contribution is -2.38. The molecule has 8 heteroatoms. The number of amides is 1. The highest BCUT2D eigenvalue weighted by atomic mass is 19.1. The van der Waals surface area contributed by atoms with Crippen molar-refractivity contribution in [2.45, 2.75) is 18.8 Å². The van der Waals surface area contributed by atoms with Crippen LogP contribution in [0.3, 0.4) is 0 Å². The van der Waals surface area contributed by atoms with E-state index in [1.807, 2.05) is 6.07 Å². The van der Waals surface area contributed by atoms with E-state index >= 15 is 0 Å². The van der Waals surface area contributed by atoms with Crippen molar-refractivity contribution in [2.75, 3.05) is 18.8 Å². The molecular weight excluding hydrogens is 347 g/mol. The second kappa shape index (κ2) is 7.14. The molecule has 0 bridgehead atoms. The average Bonchev–Trinajstić information content (AvgIpc) is 3.22. The monoisotopic (exact) mass is 366 g/mol. The summed E-state index contributed by atoms with van der Waals surface area (Å²) in [5.74, 6) is -0.131. The third-order valence-corrected chi connectivity index (χ3v) is 4.89. The highest BCUT2D eigenvalue weighted by Gasteiger charge is 2.25. The van der Waals surface area contributed by atoms with Gasteiger partial charge in [-0.25, -0.2) is 14.4 Å². The fraction of sp³-hybridized carbons (Fsp3) is 0.263. The van der Waals surface area contributed by atoms with Gasteiger partial charge in [0, 0.05) is 54.4 Å². The molecule has 2 aromatic heterocycles. The number of hydrogen-bond donors (Lipinski definition) is 2. The van der Waals surface area contributed by atoms with E-state index in [0.717, 1.165) is 18.5 Å². The van der Waals surface area contributed by atoms with Gasteiger partial charge in [0.2, 0.25) is 5.95 Å². The highest BCUT2D eigenvalue weighted by molar-refractivity contribution is 5.95. The maximum absolute atomic E-state index is 14.1. The standard InChI is InChI=1S/C19H19FN6O/c20-16-8-13(15-10-22-19(21)23-11-15)7-14(9-16)18(27)26-5-2-12(3-6-26)17-1-4-24-25-17/h1,4,7-12H,2-3,5-6H2,(H,24,25)(H2,21,22,23). The largest absolute Gasteiger partial charge is 0.368 e. The minimum Gasteiger partial charge on any atom is -0.368 e. The molecule has 3 N–H and O–H groups in total. The van der Waals surface area contributed by atoms with E-state index < -0.39 is 5.82 Å². The fourth-order valence-electron chi connectivity index (χ4n) is 3.44. The Kier molecular flexibility index (Phi) is 4.53. The molecule has 27 heavy (non-hydrogen) atoms. The Morgan fingerprint density at radius 2 is 1.89 bits per heavy atom. The summed E-state index contributed by atoms with van der Waals surface area (Å²) in [6, 6.07) is 6.26. The summed E-state index contributed by atoms with van der Waals surface area (Å²) in [6.07, 6.45) is 6.47. The Labute approximate surface area is 155 Å². The number of nitrogen functional groups attached to an aromatic ring is 1. The third-order valence-electron chi connectivity index (χ3n) is 4.89. The number of nitrogens with one attached hydrogen (secondary N) is 1. The van der Waals surface area contributed by atoms with E-state index in [9.17, 15) is 9.18 Å². The van der Waals surface area contributed by atoms with Crippen LogP contribution in [0.4, 0.5) is 10.3 Å². The van der Waals surface area contributed by atoms with Gasteiger partial charge in [0.05, 0.1) is 0 Å². The number of H-pyrrole nitrogens is 1. The fourth-order valence-corrected chi connectivity index (χ4v) is 3.44. The number of rotatable bonds is 3. The van der Waals surface area contributed by atoms with Crippen molar-refractivity contribution in [1.82, 2.24) is 25.1 Å². The van der Waals surface area contributed by atoms with Crippen molar-refractivity contribution in [3.05, 3.63) is 59.9 Å². The van der Waals surface area contributed by atoms with E-state index in [1.54, 1.807) is 17.2 Å². The second-order valence-corrected chi connectivity index (χ2v) is 6.64. The summed E-state index contributed by atoms with van der Waals surface area (Å²) in [5.41, 5.74) is 8.06. The van der Waals surface area contributed by atoms with Gasteiger partial charge in [-0.15, -0.1) is 0 Å². The number of likely N-dealkylation sites (tertiary alicyclic amines) is 1. The Bertz CT molecular complexity index is 933. The van der Waals surface area contributed by atoms with Gasteiger partial charge in [-0.05, 0) is 42.7 Å². The number of aromatic nitrogens is 4. The summed E-state index contributed by atoms with van der Waals surface area (Å²) in [6.45, 7) is 1.25. The molecule has 0 spiro atoms. The van der Waals surface area contributed by atoms with Crippen LogP contribution in [0.25, 0.3) is 11.1 Å². The minimum absolute atomic E-state index is 0.145. The number of halogens is 1. The Hall–Kier alpha value is -3.29. The van der Waals surface area contributed by atoms with E-state index in [-0.39, 0.29) is 11.9 Å². The highest BCUT2D eigenvalue weighted by Crippen LogP contribution is 2.28. The number of anilines is 1. The molecule has 1 aliphatic rings. The van der Waals surface area contributed by atoms with Crippen LogP contribution in [-0.4, -0.2) is 44.1 Å². The van der Waals surface area contributed by atoms with Crippen molar-refractivity contribution in [3.63, 3.8) is 0 Å². The zero-order valence-electron chi connectivity index (χ0n) is 14.6. The SMILES string of the molecule is Nc1ncc(-c2cc(F)cc(C(=O)N3CCC(c4ccn[nH]4)CC3)c2)cn1. The van der Waals surface area contributed by atoms with Crippen LogP contribution >= 0.6 is 0 Å². The first-order valence-corrected chi connectivity index (χ1v) is 8.77. The quantitative estimate of drug-likeness (QED) is 0.742. The summed E-state index contributed by atoms with van der Waals surface area (Å²) in [5, 5.41) is 6.98. The Morgan fingerprint density at radius 1 is 1.15 bits per heavy atom. The normalized spacial score (nSPS) is 15.1. The number of hydrogen-bond acceptors (Lipinski definition) is 5. The van der Waals surface area contributed by atoms with Crippen LogP contribution in [0.5, 0.6) is 0 Å². The first-order valence-electron chi connectivity index (χ1n) is 8.77. The molecule has 4 rings (SSSR count). The summed E-state index contributed by atoms with van der Waals surface area (Å²) in [7, 11) is 0. The molecule has 0 atom stereocenters. The number of nitrogens with two attached hydrogens (primary N) is 1. The predicted octanol–water partition coefficient (Wildman–Crippen LogP) is 2.61. The predicted molar refractivity (Wildman–Crippen MR) is 98.3 cm³/mol. The van der Waals surface area contributed by atoms with E-state index in [4.69, 9.17) is 5.73 Å². The summed E-state index contributed by atoms with van der Waals surface area (Å²) < 4.78 is 14.1. The van der Waals surface area contributed by atoms with Gasteiger partial charge >= 0.3 is 0 Å². The lowest BCUT2D eigenvalue weighted by Gasteiger charge is -2.31. The van der Waals surface area contributed by atoms with Gasteiger partial charge in [-0.2, -0.15) is 5.10 Å². The molecule has 0 unspecified atom stereocenters. The third kappa shape index (κ3) is 3.64. The first kappa shape index (κ1) is 17.1. The number of aromatic amines is 1. The van der Waals surface area contributed by atoms with Crippen molar-refractivity contribution < 1.29 is 9.18 Å². The molecule has 1 amide bonds. The molecule has 3 aromatic rings. The smallest absolute Gasteiger partial charge is 0.253 e. The molecule has 1 aliphatic heterocycles. The average molecular weight is 366 g/mol. The zero-order chi connectivity index (χ0) is 18.8. The number of nitrogens with zero attached hydrogens (tertiary/aromatic N) is 4. The maximum Gasteiger partial charge on any atom is 0.253 e. The number of benzene rings is 1. The number of carbonyl (C=O) groups excluding carboxylic acids is 1. The van der Waals surface area contributed by atoms with Gasteiger partial charge in [0.15, 0.2) is 0 Å². The van der Waals surface area contributed by atoms with E-state index in [2.05, 4.69) is 20.2 Å². The van der Waals surface area contributed by atoms with Crippen LogP contribution in [0.15, 0.2) is 42.9 Å². The van der Waals surface area contributed by atoms with E-state index in [1.165, 1.54) is 24.5 Å². The van der Waals surface area contributed by atoms with Crippen LogP contribution in [-0.2, 0) is 0 Å². The van der Waals surface area contributed by atoms with Crippen molar-refractivity contribution in [3.8, 4) is 11.1 Å². The molecule has 1 fully saturated rings. The molecule has 3 heterocycles. The van der Waals surface area contributed by atoms with Crippen molar-refractivity contribution in [2.24, 2.45) is 0 Å². The van der Waals surface area contributed by atoms with Gasteiger partial charge < -0.3 is 10.6 Å². The molecule has 0 radical (unpaired) electrons. The number of piperidine rings is 1. The Morgan fingerprint density at radius 3 is 2.56 bits per heavy atom. The molecule has 0 saturated carbocycles. The lowest BCUT2D eigenvalue weighted by atomic mass is 9.93. The topological polar surface area (TPSA) is 101 Å². The van der Waals surface area contributed by atoms with Crippen LogP contribution in [0.1, 0.15) is 34.8 Å². The second-order valence-electron chi connectivity index (χ2n) is 6.64. The minimum atomic E-state index is -0.472. The molecule has 138 valence electrons. The molecule has 0 aliphatic carbocycles. The van der Waals surface area contributed by atoms with Gasteiger partial charge in [-0.3, -0.25) is 9.89 Å². The van der Waals surface area contributed by atoms with E-state index in [0.29, 0.717) is 35.7 Å². The zero-order valence-corrected chi connectivity index (χ0v) is 14.6. The molecular formula is C19H19FN6O. The van der Waals surface area contributed by atoms with Gasteiger partial charge in [0.25, 0.3) is 5.91 Å². The molecule has 1 aromatic carbocycles.